The lowest BCUT2D eigenvalue weighted by molar-refractivity contribution is 0.583. The van der Waals surface area contributed by atoms with Crippen molar-refractivity contribution in [2.24, 2.45) is 0 Å². The Labute approximate surface area is 98.8 Å². The van der Waals surface area contributed by atoms with Crippen molar-refractivity contribution < 1.29 is 16.8 Å². The van der Waals surface area contributed by atoms with E-state index in [1.165, 1.54) is 13.8 Å². The van der Waals surface area contributed by atoms with E-state index in [0.29, 0.717) is 0 Å². The van der Waals surface area contributed by atoms with Crippen LogP contribution < -0.4 is 0 Å². The predicted octanol–water partition coefficient (Wildman–Crippen LogP) is 1.19. The van der Waals surface area contributed by atoms with Gasteiger partial charge in [0.25, 0.3) is 9.05 Å². The molecule has 1 aromatic rings. The van der Waals surface area contributed by atoms with E-state index in [1.807, 2.05) is 0 Å². The zero-order valence-corrected chi connectivity index (χ0v) is 11.0. The van der Waals surface area contributed by atoms with Crippen LogP contribution in [0, 0.1) is 0 Å². The molecule has 5 nitrogen and oxygen atoms in total. The first-order chi connectivity index (χ1) is 7.15. The van der Waals surface area contributed by atoms with Crippen molar-refractivity contribution in [3.63, 3.8) is 0 Å². The Morgan fingerprint density at radius 2 is 1.81 bits per heavy atom. The Morgan fingerprint density at radius 1 is 1.25 bits per heavy atom. The van der Waals surface area contributed by atoms with E-state index in [1.54, 1.807) is 0 Å². The smallest absolute Gasteiger partial charge is 0.245 e. The molecule has 0 saturated carbocycles. The minimum atomic E-state index is -3.94. The molecule has 0 aliphatic rings. The number of aromatic nitrogens is 1. The summed E-state index contributed by atoms with van der Waals surface area (Å²) in [7, 11) is -2.43. The highest BCUT2D eigenvalue weighted by atomic mass is 35.7. The van der Waals surface area contributed by atoms with Gasteiger partial charge in [-0.1, -0.05) is 0 Å². The van der Waals surface area contributed by atoms with Crippen molar-refractivity contribution in [3.8, 4) is 0 Å². The van der Waals surface area contributed by atoms with Crippen molar-refractivity contribution in [3.05, 3.63) is 18.3 Å². The summed E-state index contributed by atoms with van der Waals surface area (Å²) in [5, 5.41) is -0.961. The number of hydrogen-bond acceptors (Lipinski definition) is 5. The summed E-state index contributed by atoms with van der Waals surface area (Å²) in [6.45, 7) is 2.97. The fourth-order valence-electron chi connectivity index (χ4n) is 0.940. The van der Waals surface area contributed by atoms with Gasteiger partial charge in [0.2, 0.25) is 0 Å². The van der Waals surface area contributed by atoms with Crippen molar-refractivity contribution in [1.29, 1.82) is 0 Å². The summed E-state index contributed by atoms with van der Waals surface area (Å²) >= 11 is 0. The highest BCUT2D eigenvalue weighted by molar-refractivity contribution is 8.13. The van der Waals surface area contributed by atoms with Crippen molar-refractivity contribution >= 4 is 29.6 Å². The first-order valence-corrected chi connectivity index (χ1v) is 8.16. The van der Waals surface area contributed by atoms with E-state index in [0.717, 1.165) is 18.3 Å². The summed E-state index contributed by atoms with van der Waals surface area (Å²) in [4.78, 5) is 3.36. The van der Waals surface area contributed by atoms with E-state index in [-0.39, 0.29) is 9.92 Å². The Balaban J connectivity index is 3.41. The molecule has 8 heteroatoms. The summed E-state index contributed by atoms with van der Waals surface area (Å²) in [5.74, 6) is 0. The van der Waals surface area contributed by atoms with Gasteiger partial charge in [-0.2, -0.15) is 0 Å². The van der Waals surface area contributed by atoms with Crippen LogP contribution in [0.3, 0.4) is 0 Å². The fraction of sp³-hybridized carbons (Fsp3) is 0.375. The molecule has 0 aliphatic carbocycles. The molecule has 0 spiro atoms. The maximum absolute atomic E-state index is 11.7. The molecule has 0 unspecified atom stereocenters. The topological polar surface area (TPSA) is 81.2 Å². The van der Waals surface area contributed by atoms with Crippen LogP contribution in [0.15, 0.2) is 28.3 Å². The van der Waals surface area contributed by atoms with E-state index in [9.17, 15) is 16.8 Å². The van der Waals surface area contributed by atoms with Crippen LogP contribution in [-0.2, 0) is 18.9 Å². The summed E-state index contributed by atoms with van der Waals surface area (Å²) < 4.78 is 45.5. The van der Waals surface area contributed by atoms with E-state index >= 15 is 0 Å². The highest BCUT2D eigenvalue weighted by Gasteiger charge is 2.22. The fourth-order valence-corrected chi connectivity index (χ4v) is 2.76. The Bertz CT molecular complexity index is 592. The van der Waals surface area contributed by atoms with Crippen LogP contribution in [-0.4, -0.2) is 27.1 Å². The molecule has 0 saturated heterocycles. The predicted molar refractivity (Wildman–Crippen MR) is 59.6 cm³/mol. The number of hydrogen-bond donors (Lipinski definition) is 0. The van der Waals surface area contributed by atoms with Crippen LogP contribution in [0.25, 0.3) is 0 Å². The first kappa shape index (κ1) is 13.4. The van der Waals surface area contributed by atoms with Crippen molar-refractivity contribution in [1.82, 2.24) is 4.98 Å². The second-order valence-corrected chi connectivity index (χ2v) is 8.38. The first-order valence-electron chi connectivity index (χ1n) is 4.30. The van der Waals surface area contributed by atoms with Gasteiger partial charge in [-0.05, 0) is 26.0 Å². The molecule has 0 N–H and O–H groups in total. The van der Waals surface area contributed by atoms with Crippen LogP contribution in [0.2, 0.25) is 0 Å². The monoisotopic (exact) mass is 283 g/mol. The summed E-state index contributed by atoms with van der Waals surface area (Å²) in [5.41, 5.74) is 0. The van der Waals surface area contributed by atoms with Gasteiger partial charge in [-0.25, -0.2) is 21.8 Å². The average molecular weight is 284 g/mol. The van der Waals surface area contributed by atoms with Gasteiger partial charge in [-0.15, -0.1) is 0 Å². The Morgan fingerprint density at radius 3 is 2.25 bits per heavy atom. The van der Waals surface area contributed by atoms with Gasteiger partial charge in [0, 0.05) is 16.9 Å². The number of rotatable bonds is 3. The number of halogens is 1. The highest BCUT2D eigenvalue weighted by Crippen LogP contribution is 2.19. The minimum absolute atomic E-state index is 0.275. The second-order valence-electron chi connectivity index (χ2n) is 3.36. The zero-order valence-electron chi connectivity index (χ0n) is 8.58. The van der Waals surface area contributed by atoms with Crippen LogP contribution >= 0.6 is 10.7 Å². The van der Waals surface area contributed by atoms with Crippen LogP contribution in [0.4, 0.5) is 0 Å². The lowest BCUT2D eigenvalue weighted by atomic mass is 10.5. The molecule has 0 atom stereocenters. The molecule has 1 heterocycles. The van der Waals surface area contributed by atoms with E-state index < -0.39 is 24.1 Å². The molecule has 0 fully saturated rings. The number of sulfone groups is 1. The lowest BCUT2D eigenvalue weighted by Crippen LogP contribution is -2.15. The van der Waals surface area contributed by atoms with Crippen molar-refractivity contribution in [2.75, 3.05) is 0 Å². The van der Waals surface area contributed by atoms with Crippen LogP contribution in [0.5, 0.6) is 0 Å². The lowest BCUT2D eigenvalue weighted by Gasteiger charge is -2.07. The minimum Gasteiger partial charge on any atom is -0.245 e. The molecule has 0 aromatic carbocycles. The van der Waals surface area contributed by atoms with Gasteiger partial charge in [0.05, 0.1) is 10.1 Å². The van der Waals surface area contributed by atoms with Gasteiger partial charge in [-0.3, -0.25) is 0 Å². The molecule has 0 amide bonds. The van der Waals surface area contributed by atoms with Gasteiger partial charge in [0.15, 0.2) is 14.9 Å². The number of nitrogens with zero attached hydrogens (tertiary/aromatic N) is 1. The summed E-state index contributed by atoms with van der Waals surface area (Å²) in [6.07, 6.45) is 1.10. The third-order valence-corrected chi connectivity index (χ3v) is 5.30. The Kier molecular flexibility index (Phi) is 3.61. The Hall–Kier alpha value is -0.660. The number of pyridine rings is 1. The van der Waals surface area contributed by atoms with E-state index in [2.05, 4.69) is 4.98 Å². The average Bonchev–Trinajstić information content (AvgIpc) is 2.16. The van der Waals surface area contributed by atoms with Gasteiger partial charge >= 0.3 is 0 Å². The third kappa shape index (κ3) is 2.72. The molecular formula is C8H10ClNO4S2. The third-order valence-electron chi connectivity index (χ3n) is 1.90. The molecule has 0 aliphatic heterocycles. The molecule has 0 radical (unpaired) electrons. The molecule has 16 heavy (non-hydrogen) atoms. The largest absolute Gasteiger partial charge is 0.261 e. The quantitative estimate of drug-likeness (QED) is 0.778. The standard InChI is InChI=1S/C8H10ClNO4S2/c1-6(2)15(11,12)8-5-7(3-4-10-8)16(9,13)14/h3-6H,1-2H3. The zero-order chi connectivity index (χ0) is 12.6. The second kappa shape index (κ2) is 4.31. The molecule has 1 aromatic heterocycles. The summed E-state index contributed by atoms with van der Waals surface area (Å²) in [6, 6.07) is 2.10. The van der Waals surface area contributed by atoms with Gasteiger partial charge < -0.3 is 0 Å². The molecule has 90 valence electrons. The van der Waals surface area contributed by atoms with Crippen molar-refractivity contribution in [2.45, 2.75) is 29.0 Å². The molecule has 0 bridgehead atoms. The van der Waals surface area contributed by atoms with Gasteiger partial charge in [0.1, 0.15) is 0 Å². The maximum Gasteiger partial charge on any atom is 0.261 e. The normalized spacial score (nSPS) is 13.0. The maximum atomic E-state index is 11.7. The SMILES string of the molecule is CC(C)S(=O)(=O)c1cc(S(=O)(=O)Cl)ccn1. The molecular weight excluding hydrogens is 274 g/mol. The van der Waals surface area contributed by atoms with Crippen LogP contribution in [0.1, 0.15) is 13.8 Å². The molecule has 1 rings (SSSR count). The van der Waals surface area contributed by atoms with E-state index in [4.69, 9.17) is 10.7 Å².